The van der Waals surface area contributed by atoms with Crippen molar-refractivity contribution in [3.63, 3.8) is 0 Å². The molecule has 27 heavy (non-hydrogen) atoms. The highest BCUT2D eigenvalue weighted by atomic mass is 35.5. The zero-order chi connectivity index (χ0) is 19.0. The van der Waals surface area contributed by atoms with Crippen LogP contribution in [0.15, 0.2) is 33.4 Å². The molecule has 0 saturated carbocycles. The number of pyridine rings is 1. The summed E-state index contributed by atoms with van der Waals surface area (Å²) in [5, 5.41) is 1.18. The maximum Gasteiger partial charge on any atom is 0.282 e. The molecule has 142 valence electrons. The van der Waals surface area contributed by atoms with Crippen molar-refractivity contribution in [2.24, 2.45) is 10.7 Å². The van der Waals surface area contributed by atoms with Crippen LogP contribution in [0.1, 0.15) is 12.8 Å². The van der Waals surface area contributed by atoms with Gasteiger partial charge in [0.05, 0.1) is 11.2 Å². The van der Waals surface area contributed by atoms with Crippen molar-refractivity contribution in [2.45, 2.75) is 28.3 Å². The van der Waals surface area contributed by atoms with E-state index in [1.54, 1.807) is 18.5 Å². The highest BCUT2D eigenvalue weighted by Gasteiger charge is 2.39. The Morgan fingerprint density at radius 2 is 1.96 bits per heavy atom. The number of aromatic nitrogens is 3. The normalized spacial score (nSPS) is 18.4. The number of nitrogen functional groups attached to an aromatic ring is 1. The molecule has 0 aromatic carbocycles. The summed E-state index contributed by atoms with van der Waals surface area (Å²) in [6, 6.07) is 2.04. The summed E-state index contributed by atoms with van der Waals surface area (Å²) in [5.41, 5.74) is 11.6. The van der Waals surface area contributed by atoms with Crippen LogP contribution in [-0.4, -0.2) is 46.2 Å². The number of hydrogen-bond donors (Lipinski definition) is 2. The fraction of sp³-hybridized carbons (Fsp3) is 0.375. The molecule has 2 aliphatic rings. The lowest BCUT2D eigenvalue weighted by Gasteiger charge is -2.36. The van der Waals surface area contributed by atoms with Crippen LogP contribution < -0.4 is 16.4 Å². The molecule has 0 unspecified atom stereocenters. The molecule has 2 aromatic rings. The highest BCUT2D eigenvalue weighted by Crippen LogP contribution is 2.38. The maximum atomic E-state index is 6.18. The second-order valence-electron chi connectivity index (χ2n) is 6.38. The van der Waals surface area contributed by atoms with E-state index in [0.29, 0.717) is 22.5 Å². The fourth-order valence-electron chi connectivity index (χ4n) is 3.11. The van der Waals surface area contributed by atoms with Gasteiger partial charge in [-0.1, -0.05) is 35.0 Å². The summed E-state index contributed by atoms with van der Waals surface area (Å²) in [7, 11) is 0. The predicted octanol–water partition coefficient (Wildman–Crippen LogP) is 2.60. The number of halogens is 2. The van der Waals surface area contributed by atoms with Gasteiger partial charge in [-0.05, 0) is 18.9 Å². The quantitative estimate of drug-likeness (QED) is 0.720. The second-order valence-corrected chi connectivity index (χ2v) is 8.15. The number of amidine groups is 1. The van der Waals surface area contributed by atoms with Crippen LogP contribution in [0.4, 0.5) is 11.6 Å². The Kier molecular flexibility index (Phi) is 4.92. The van der Waals surface area contributed by atoms with Crippen LogP contribution in [0.5, 0.6) is 0 Å². The van der Waals surface area contributed by atoms with E-state index >= 15 is 0 Å². The van der Waals surface area contributed by atoms with E-state index in [1.807, 2.05) is 0 Å². The third-order valence-corrected chi connectivity index (χ3v) is 6.57. The Morgan fingerprint density at radius 3 is 2.63 bits per heavy atom. The molecule has 0 radical (unpaired) electrons. The van der Waals surface area contributed by atoms with E-state index in [1.165, 1.54) is 11.8 Å². The SMILES string of the molecule is NC1=NC2(CCN(c3cnc(Sc4ccnc(Cl)c4Cl)c(N)n3)CC2)CO1. The molecule has 0 aliphatic carbocycles. The van der Waals surface area contributed by atoms with Crippen LogP contribution in [0.3, 0.4) is 0 Å². The summed E-state index contributed by atoms with van der Waals surface area (Å²) in [5.74, 6) is 1.08. The van der Waals surface area contributed by atoms with Gasteiger partial charge in [0.15, 0.2) is 5.82 Å². The molecule has 4 heterocycles. The van der Waals surface area contributed by atoms with Gasteiger partial charge in [0, 0.05) is 24.2 Å². The molecule has 11 heteroatoms. The van der Waals surface area contributed by atoms with Crippen molar-refractivity contribution in [3.05, 3.63) is 28.6 Å². The van der Waals surface area contributed by atoms with Crippen molar-refractivity contribution in [1.29, 1.82) is 0 Å². The predicted molar refractivity (Wildman–Crippen MR) is 107 cm³/mol. The van der Waals surface area contributed by atoms with Crippen LogP contribution in [-0.2, 0) is 4.74 Å². The van der Waals surface area contributed by atoms with Gasteiger partial charge in [-0.15, -0.1) is 0 Å². The van der Waals surface area contributed by atoms with E-state index < -0.39 is 0 Å². The number of rotatable bonds is 3. The van der Waals surface area contributed by atoms with Crippen molar-refractivity contribution in [2.75, 3.05) is 30.3 Å². The summed E-state index contributed by atoms with van der Waals surface area (Å²) in [6.07, 6.45) is 4.99. The number of hydrogen-bond acceptors (Lipinski definition) is 9. The standard InChI is InChI=1S/C16H17Cl2N7OS/c17-11-9(1-4-21-12(11)18)27-14-13(19)23-10(7-22-14)25-5-2-16(3-6-25)8-26-15(20)24-16/h1,4,7H,2-3,5-6,8H2,(H2,19,23)(H2,20,24). The molecule has 8 nitrogen and oxygen atoms in total. The van der Waals surface area contributed by atoms with E-state index in [9.17, 15) is 0 Å². The molecular formula is C16H17Cl2N7OS. The Hall–Kier alpha value is -1.97. The first-order valence-electron chi connectivity index (χ1n) is 8.29. The topological polar surface area (TPSA) is 116 Å². The highest BCUT2D eigenvalue weighted by molar-refractivity contribution is 7.99. The lowest BCUT2D eigenvalue weighted by molar-refractivity contribution is 0.221. The smallest absolute Gasteiger partial charge is 0.282 e. The fourth-order valence-corrected chi connectivity index (χ4v) is 4.33. The molecule has 4 rings (SSSR count). The molecule has 2 aromatic heterocycles. The van der Waals surface area contributed by atoms with E-state index in [2.05, 4.69) is 24.8 Å². The van der Waals surface area contributed by atoms with E-state index in [4.69, 9.17) is 39.4 Å². The van der Waals surface area contributed by atoms with Crippen LogP contribution >= 0.6 is 35.0 Å². The monoisotopic (exact) mass is 425 g/mol. The molecule has 1 fully saturated rings. The van der Waals surface area contributed by atoms with Crippen LogP contribution in [0, 0.1) is 0 Å². The number of anilines is 2. The third-order valence-electron chi connectivity index (χ3n) is 4.62. The molecule has 1 spiro atoms. The Labute approximate surface area is 170 Å². The first-order valence-corrected chi connectivity index (χ1v) is 9.86. The van der Waals surface area contributed by atoms with Crippen molar-refractivity contribution >= 4 is 52.6 Å². The minimum Gasteiger partial charge on any atom is -0.463 e. The van der Waals surface area contributed by atoms with Gasteiger partial charge >= 0.3 is 0 Å². The third kappa shape index (κ3) is 3.71. The number of piperidine rings is 1. The van der Waals surface area contributed by atoms with E-state index in [0.717, 1.165) is 36.6 Å². The lowest BCUT2D eigenvalue weighted by atomic mass is 9.89. The number of ether oxygens (including phenoxy) is 1. The van der Waals surface area contributed by atoms with E-state index in [-0.39, 0.29) is 16.7 Å². The molecule has 4 N–H and O–H groups in total. The molecule has 0 amide bonds. The van der Waals surface area contributed by atoms with Gasteiger partial charge in [-0.25, -0.2) is 19.9 Å². The van der Waals surface area contributed by atoms with Gasteiger partial charge in [-0.3, -0.25) is 0 Å². The average Bonchev–Trinajstić information content (AvgIpc) is 3.01. The average molecular weight is 426 g/mol. The van der Waals surface area contributed by atoms with Gasteiger partial charge < -0.3 is 21.1 Å². The van der Waals surface area contributed by atoms with Crippen LogP contribution in [0.2, 0.25) is 10.2 Å². The van der Waals surface area contributed by atoms with Crippen molar-refractivity contribution in [1.82, 2.24) is 15.0 Å². The molecule has 0 bridgehead atoms. The van der Waals surface area contributed by atoms with Gasteiger partial charge in [0.25, 0.3) is 6.02 Å². The van der Waals surface area contributed by atoms with Gasteiger partial charge in [0.1, 0.15) is 28.1 Å². The molecule has 1 saturated heterocycles. The first-order chi connectivity index (χ1) is 13.0. The minimum atomic E-state index is -0.202. The Bertz CT molecular complexity index is 902. The largest absolute Gasteiger partial charge is 0.463 e. The van der Waals surface area contributed by atoms with Crippen molar-refractivity contribution < 1.29 is 4.74 Å². The lowest BCUT2D eigenvalue weighted by Crippen LogP contribution is -2.44. The minimum absolute atomic E-state index is 0.202. The second kappa shape index (κ2) is 7.21. The Morgan fingerprint density at radius 1 is 1.19 bits per heavy atom. The summed E-state index contributed by atoms with van der Waals surface area (Å²) in [6.45, 7) is 2.12. The summed E-state index contributed by atoms with van der Waals surface area (Å²) < 4.78 is 5.33. The van der Waals surface area contributed by atoms with Crippen molar-refractivity contribution in [3.8, 4) is 0 Å². The maximum absolute atomic E-state index is 6.18. The van der Waals surface area contributed by atoms with Gasteiger partial charge in [-0.2, -0.15) is 0 Å². The number of nitrogens with two attached hydrogens (primary N) is 2. The summed E-state index contributed by atoms with van der Waals surface area (Å²) >= 11 is 13.4. The molecular weight excluding hydrogens is 409 g/mol. The zero-order valence-electron chi connectivity index (χ0n) is 14.2. The Balaban J connectivity index is 1.47. The number of nitrogens with zero attached hydrogens (tertiary/aromatic N) is 5. The van der Waals surface area contributed by atoms with Gasteiger partial charge in [0.2, 0.25) is 0 Å². The zero-order valence-corrected chi connectivity index (χ0v) is 16.6. The molecule has 0 atom stereocenters. The molecule has 2 aliphatic heterocycles. The number of aliphatic imine (C=N–C) groups is 1. The first kappa shape index (κ1) is 18.4. The summed E-state index contributed by atoms with van der Waals surface area (Å²) in [4.78, 5) is 20.2. The van der Waals surface area contributed by atoms with Crippen LogP contribution in [0.25, 0.3) is 0 Å².